The summed E-state index contributed by atoms with van der Waals surface area (Å²) >= 11 is 0. The van der Waals surface area contributed by atoms with Crippen LogP contribution in [0, 0.1) is 11.8 Å². The van der Waals surface area contributed by atoms with Gasteiger partial charge in [0.1, 0.15) is 6.26 Å². The summed E-state index contributed by atoms with van der Waals surface area (Å²) in [5.41, 5.74) is -0.0958. The Kier molecular flexibility index (Phi) is 7.45. The van der Waals surface area contributed by atoms with E-state index in [1.807, 2.05) is 48.5 Å². The van der Waals surface area contributed by atoms with Gasteiger partial charge in [0.15, 0.2) is 5.69 Å². The molecule has 1 heterocycles. The van der Waals surface area contributed by atoms with E-state index in [-0.39, 0.29) is 29.7 Å². The maximum absolute atomic E-state index is 12.5. The fourth-order valence-electron chi connectivity index (χ4n) is 2.10. The van der Waals surface area contributed by atoms with Crippen molar-refractivity contribution in [1.82, 2.24) is 20.5 Å². The molecule has 25 heavy (non-hydrogen) atoms. The Balaban J connectivity index is 2.77. The maximum Gasteiger partial charge on any atom is 0.318 e. The van der Waals surface area contributed by atoms with Crippen LogP contribution in [0.3, 0.4) is 0 Å². The number of nitrogens with zero attached hydrogens (tertiary/aromatic N) is 2. The molecular weight excluding hydrogens is 320 g/mol. The summed E-state index contributed by atoms with van der Waals surface area (Å²) in [5.74, 6) is 0.741. The number of aromatic nitrogens is 1. The molecule has 7 heteroatoms. The van der Waals surface area contributed by atoms with Gasteiger partial charge >= 0.3 is 6.03 Å². The molecule has 0 aliphatic rings. The predicted octanol–water partition coefficient (Wildman–Crippen LogP) is 3.03. The lowest BCUT2D eigenvalue weighted by atomic mass is 10.1. The number of amides is 3. The number of carbonyl (C=O) groups excluding carboxylic acids is 2. The summed E-state index contributed by atoms with van der Waals surface area (Å²) in [5, 5.41) is 5.74. The summed E-state index contributed by atoms with van der Waals surface area (Å²) in [7, 11) is 0. The summed E-state index contributed by atoms with van der Waals surface area (Å²) in [6, 6.07) is -0.176. The molecule has 1 aromatic rings. The second kappa shape index (κ2) is 8.87. The Bertz CT molecular complexity index is 573. The molecule has 0 saturated heterocycles. The van der Waals surface area contributed by atoms with Crippen LogP contribution < -0.4 is 10.6 Å². The minimum atomic E-state index is -0.329. The standard InChI is InChI=1S/C18H32N4O3/c1-12(2)8-19-16(23)14-11-25-15(20-14)10-22(9-13(3)4)17(24)21-18(5,6)7/h11-13H,8-10H2,1-7H3,(H,19,23)(H,21,24). The number of hydrogen-bond acceptors (Lipinski definition) is 4. The Morgan fingerprint density at radius 1 is 1.20 bits per heavy atom. The molecule has 0 aliphatic heterocycles. The average molecular weight is 352 g/mol. The van der Waals surface area contributed by atoms with Gasteiger partial charge in [-0.05, 0) is 32.6 Å². The summed E-state index contributed by atoms with van der Waals surface area (Å²) in [6.45, 7) is 15.3. The van der Waals surface area contributed by atoms with Crippen LogP contribution in [0.2, 0.25) is 0 Å². The molecule has 7 nitrogen and oxygen atoms in total. The van der Waals surface area contributed by atoms with E-state index in [4.69, 9.17) is 4.42 Å². The Labute approximate surface area is 150 Å². The molecule has 0 atom stereocenters. The molecule has 0 saturated carbocycles. The van der Waals surface area contributed by atoms with Crippen molar-refractivity contribution in [2.24, 2.45) is 11.8 Å². The van der Waals surface area contributed by atoms with Gasteiger partial charge in [-0.15, -0.1) is 0 Å². The van der Waals surface area contributed by atoms with Gasteiger partial charge in [0, 0.05) is 18.6 Å². The molecular formula is C18H32N4O3. The monoisotopic (exact) mass is 352 g/mol. The van der Waals surface area contributed by atoms with E-state index < -0.39 is 0 Å². The van der Waals surface area contributed by atoms with Gasteiger partial charge in [0.2, 0.25) is 5.89 Å². The predicted molar refractivity (Wildman–Crippen MR) is 97.2 cm³/mol. The van der Waals surface area contributed by atoms with Crippen LogP contribution >= 0.6 is 0 Å². The number of nitrogens with one attached hydrogen (secondary N) is 2. The highest BCUT2D eigenvalue weighted by molar-refractivity contribution is 5.91. The normalized spacial score (nSPS) is 11.7. The van der Waals surface area contributed by atoms with E-state index in [1.165, 1.54) is 6.26 Å². The van der Waals surface area contributed by atoms with Crippen molar-refractivity contribution < 1.29 is 14.0 Å². The van der Waals surface area contributed by atoms with Gasteiger partial charge in [-0.3, -0.25) is 4.79 Å². The van der Waals surface area contributed by atoms with E-state index in [9.17, 15) is 9.59 Å². The first-order valence-electron chi connectivity index (χ1n) is 8.77. The van der Waals surface area contributed by atoms with Crippen LogP contribution in [0.5, 0.6) is 0 Å². The van der Waals surface area contributed by atoms with Gasteiger partial charge in [0.25, 0.3) is 5.91 Å². The lowest BCUT2D eigenvalue weighted by molar-refractivity contribution is 0.0944. The van der Waals surface area contributed by atoms with Crippen LogP contribution in [-0.2, 0) is 6.54 Å². The van der Waals surface area contributed by atoms with E-state index in [0.717, 1.165) is 0 Å². The highest BCUT2D eigenvalue weighted by Gasteiger charge is 2.23. The first-order chi connectivity index (χ1) is 11.5. The van der Waals surface area contributed by atoms with Gasteiger partial charge < -0.3 is 20.0 Å². The zero-order valence-electron chi connectivity index (χ0n) is 16.5. The van der Waals surface area contributed by atoms with Crippen molar-refractivity contribution in [3.63, 3.8) is 0 Å². The molecule has 142 valence electrons. The van der Waals surface area contributed by atoms with E-state index in [1.54, 1.807) is 4.90 Å². The number of hydrogen-bond donors (Lipinski definition) is 2. The van der Waals surface area contributed by atoms with Crippen LogP contribution in [0.15, 0.2) is 10.7 Å². The molecule has 0 spiro atoms. The zero-order chi connectivity index (χ0) is 19.2. The smallest absolute Gasteiger partial charge is 0.318 e. The molecule has 0 unspecified atom stereocenters. The van der Waals surface area contributed by atoms with E-state index >= 15 is 0 Å². The van der Waals surface area contributed by atoms with Crippen LogP contribution in [-0.4, -0.2) is 40.5 Å². The molecule has 0 bridgehead atoms. The molecule has 0 fully saturated rings. The number of rotatable bonds is 7. The van der Waals surface area contributed by atoms with Gasteiger partial charge in [-0.25, -0.2) is 9.78 Å². The van der Waals surface area contributed by atoms with Crippen LogP contribution in [0.25, 0.3) is 0 Å². The Hall–Kier alpha value is -2.05. The van der Waals surface area contributed by atoms with Gasteiger partial charge in [-0.1, -0.05) is 27.7 Å². The topological polar surface area (TPSA) is 87.5 Å². The summed E-state index contributed by atoms with van der Waals surface area (Å²) < 4.78 is 5.39. The lowest BCUT2D eigenvalue weighted by Gasteiger charge is -2.28. The first-order valence-corrected chi connectivity index (χ1v) is 8.77. The Morgan fingerprint density at radius 2 is 1.84 bits per heavy atom. The first kappa shape index (κ1) is 21.0. The zero-order valence-corrected chi connectivity index (χ0v) is 16.5. The van der Waals surface area contributed by atoms with Crippen molar-refractivity contribution in [3.05, 3.63) is 17.8 Å². The van der Waals surface area contributed by atoms with Gasteiger partial charge in [0.05, 0.1) is 6.54 Å². The van der Waals surface area contributed by atoms with Crippen LogP contribution in [0.1, 0.15) is 64.8 Å². The highest BCUT2D eigenvalue weighted by atomic mass is 16.3. The molecule has 0 aliphatic carbocycles. The minimum absolute atomic E-state index is 0.176. The summed E-state index contributed by atoms with van der Waals surface area (Å²) in [6.07, 6.45) is 1.33. The second-order valence-electron chi connectivity index (χ2n) is 8.18. The largest absolute Gasteiger partial charge is 0.446 e. The number of urea groups is 1. The van der Waals surface area contributed by atoms with E-state index in [2.05, 4.69) is 15.6 Å². The maximum atomic E-state index is 12.5. The molecule has 2 N–H and O–H groups in total. The number of carbonyl (C=O) groups is 2. The molecule has 0 aromatic carbocycles. The highest BCUT2D eigenvalue weighted by Crippen LogP contribution is 2.10. The molecule has 0 radical (unpaired) electrons. The quantitative estimate of drug-likeness (QED) is 0.789. The SMILES string of the molecule is CC(C)CNC(=O)c1coc(CN(CC(C)C)C(=O)NC(C)(C)C)n1. The van der Waals surface area contributed by atoms with Crippen molar-refractivity contribution >= 4 is 11.9 Å². The minimum Gasteiger partial charge on any atom is -0.446 e. The lowest BCUT2D eigenvalue weighted by Crippen LogP contribution is -2.49. The molecule has 3 amide bonds. The molecule has 1 rings (SSSR count). The van der Waals surface area contributed by atoms with Crippen molar-refractivity contribution in [1.29, 1.82) is 0 Å². The third-order valence-corrected chi connectivity index (χ3v) is 3.14. The van der Waals surface area contributed by atoms with Gasteiger partial charge in [-0.2, -0.15) is 0 Å². The third kappa shape index (κ3) is 8.05. The summed E-state index contributed by atoms with van der Waals surface area (Å²) in [4.78, 5) is 30.4. The average Bonchev–Trinajstić information content (AvgIpc) is 2.90. The van der Waals surface area contributed by atoms with Crippen molar-refractivity contribution in [2.45, 2.75) is 60.5 Å². The van der Waals surface area contributed by atoms with E-state index in [0.29, 0.717) is 30.8 Å². The second-order valence-corrected chi connectivity index (χ2v) is 8.18. The Morgan fingerprint density at radius 3 is 2.36 bits per heavy atom. The van der Waals surface area contributed by atoms with Crippen molar-refractivity contribution in [2.75, 3.05) is 13.1 Å². The fraction of sp³-hybridized carbons (Fsp3) is 0.722. The fourth-order valence-corrected chi connectivity index (χ4v) is 2.10. The third-order valence-electron chi connectivity index (χ3n) is 3.14. The number of oxazole rings is 1. The van der Waals surface area contributed by atoms with Crippen molar-refractivity contribution in [3.8, 4) is 0 Å². The molecule has 1 aromatic heterocycles. The van der Waals surface area contributed by atoms with Crippen LogP contribution in [0.4, 0.5) is 4.79 Å².